The maximum atomic E-state index is 14.3. The summed E-state index contributed by atoms with van der Waals surface area (Å²) in [4.78, 5) is 32.5. The lowest BCUT2D eigenvalue weighted by atomic mass is 9.99. The van der Waals surface area contributed by atoms with Crippen LogP contribution in [0.5, 0.6) is 11.5 Å². The van der Waals surface area contributed by atoms with Crippen LogP contribution in [0, 0.1) is 5.82 Å². The fraction of sp³-hybridized carbons (Fsp3) is 0.344. The van der Waals surface area contributed by atoms with Gasteiger partial charge in [-0.05, 0) is 75.1 Å². The van der Waals surface area contributed by atoms with Crippen LogP contribution in [-0.4, -0.2) is 48.3 Å². The number of hydrogen-bond acceptors (Lipinski definition) is 7. The van der Waals surface area contributed by atoms with Crippen molar-refractivity contribution in [2.24, 2.45) is 5.16 Å². The summed E-state index contributed by atoms with van der Waals surface area (Å²) < 4.78 is 62.6. The third-order valence-electron chi connectivity index (χ3n) is 7.89. The third-order valence-corrected chi connectivity index (χ3v) is 7.89. The maximum Gasteiger partial charge on any atom is 0.573 e. The van der Waals surface area contributed by atoms with Gasteiger partial charge in [0.05, 0.1) is 18.5 Å². The highest BCUT2D eigenvalue weighted by molar-refractivity contribution is 6.03. The first kappa shape index (κ1) is 31.6. The molecule has 2 N–H and O–H groups in total. The Labute approximate surface area is 256 Å². The second kappa shape index (κ2) is 11.6. The number of anilines is 2. The molecule has 9 nitrogen and oxygen atoms in total. The number of halogens is 4. The van der Waals surface area contributed by atoms with Crippen LogP contribution < -0.4 is 19.7 Å². The molecule has 1 amide bonds. The molecule has 238 valence electrons. The Morgan fingerprint density at radius 3 is 2.31 bits per heavy atom. The molecule has 3 aromatic rings. The fourth-order valence-corrected chi connectivity index (χ4v) is 5.18. The van der Waals surface area contributed by atoms with Gasteiger partial charge in [0.15, 0.2) is 0 Å². The van der Waals surface area contributed by atoms with Crippen LogP contribution in [0.25, 0.3) is 0 Å². The molecular weight excluding hydrogens is 598 g/mol. The van der Waals surface area contributed by atoms with Gasteiger partial charge >= 0.3 is 12.3 Å². The first-order chi connectivity index (χ1) is 21.1. The van der Waals surface area contributed by atoms with Gasteiger partial charge in [-0.2, -0.15) is 0 Å². The Kier molecular flexibility index (Phi) is 8.15. The highest BCUT2D eigenvalue weighted by Crippen LogP contribution is 2.57. The van der Waals surface area contributed by atoms with Crippen LogP contribution in [-0.2, 0) is 19.8 Å². The summed E-state index contributed by atoms with van der Waals surface area (Å²) in [6, 6.07) is 13.2. The van der Waals surface area contributed by atoms with E-state index in [1.165, 1.54) is 62.3 Å². The minimum absolute atomic E-state index is 0.266. The largest absolute Gasteiger partial charge is 0.573 e. The van der Waals surface area contributed by atoms with Crippen molar-refractivity contribution in [1.29, 1.82) is 0 Å². The molecule has 1 fully saturated rings. The monoisotopic (exact) mass is 629 g/mol. The molecule has 1 spiro atoms. The first-order valence-corrected chi connectivity index (χ1v) is 14.0. The van der Waals surface area contributed by atoms with Gasteiger partial charge < -0.3 is 29.6 Å². The predicted molar refractivity (Wildman–Crippen MR) is 157 cm³/mol. The molecule has 0 radical (unpaired) electrons. The number of rotatable bonds is 10. The molecule has 3 aromatic carbocycles. The van der Waals surface area contributed by atoms with E-state index in [0.29, 0.717) is 34.0 Å². The van der Waals surface area contributed by atoms with Crippen molar-refractivity contribution < 1.29 is 46.6 Å². The molecule has 1 aliphatic heterocycles. The Bertz CT molecular complexity index is 1650. The van der Waals surface area contributed by atoms with Crippen LogP contribution in [0.2, 0.25) is 0 Å². The quantitative estimate of drug-likeness (QED) is 0.148. The number of carboxylic acid groups (broad SMARTS) is 1. The van der Waals surface area contributed by atoms with Crippen LogP contribution in [0.3, 0.4) is 0 Å². The van der Waals surface area contributed by atoms with Gasteiger partial charge in [-0.3, -0.25) is 4.79 Å². The predicted octanol–water partition coefficient (Wildman–Crippen LogP) is 6.57. The van der Waals surface area contributed by atoms with Gasteiger partial charge in [0.25, 0.3) is 5.91 Å². The average molecular weight is 630 g/mol. The molecule has 1 aliphatic carbocycles. The zero-order valence-corrected chi connectivity index (χ0v) is 24.9. The number of carbonyl (C=O) groups excluding carboxylic acids is 1. The van der Waals surface area contributed by atoms with E-state index in [2.05, 4.69) is 15.2 Å². The van der Waals surface area contributed by atoms with E-state index in [1.807, 2.05) is 0 Å². The molecule has 1 atom stereocenters. The van der Waals surface area contributed by atoms with Crippen LogP contribution in [0.15, 0.2) is 65.8 Å². The van der Waals surface area contributed by atoms with E-state index in [4.69, 9.17) is 9.57 Å². The molecule has 0 aromatic heterocycles. The number of oxime groups is 1. The summed E-state index contributed by atoms with van der Waals surface area (Å²) in [5.74, 6) is -2.26. The number of alkyl halides is 3. The molecule has 0 saturated heterocycles. The molecule has 1 unspecified atom stereocenters. The van der Waals surface area contributed by atoms with Crippen molar-refractivity contribution in [2.75, 3.05) is 23.9 Å². The number of benzene rings is 3. The summed E-state index contributed by atoms with van der Waals surface area (Å²) >= 11 is 0. The van der Waals surface area contributed by atoms with Gasteiger partial charge in [-0.1, -0.05) is 23.4 Å². The number of fused-ring (bicyclic) bond motifs is 2. The van der Waals surface area contributed by atoms with E-state index < -0.39 is 41.4 Å². The van der Waals surface area contributed by atoms with Crippen molar-refractivity contribution in [2.45, 2.75) is 57.0 Å². The molecule has 2 aliphatic rings. The number of ether oxygens (including phenoxy) is 2. The van der Waals surface area contributed by atoms with E-state index in [-0.39, 0.29) is 12.0 Å². The maximum absolute atomic E-state index is 14.3. The van der Waals surface area contributed by atoms with Gasteiger partial charge in [-0.15, -0.1) is 13.2 Å². The number of aliphatic carboxylic acids is 1. The molecule has 0 bridgehead atoms. The summed E-state index contributed by atoms with van der Waals surface area (Å²) in [6.07, 6.45) is -3.36. The summed E-state index contributed by atoms with van der Waals surface area (Å²) in [5.41, 5.74) is 0.756. The molecule has 45 heavy (non-hydrogen) atoms. The van der Waals surface area contributed by atoms with Crippen molar-refractivity contribution in [3.63, 3.8) is 0 Å². The lowest BCUT2D eigenvalue weighted by Gasteiger charge is -2.27. The molecule has 1 saturated carbocycles. The number of nitrogens with zero attached hydrogens (tertiary/aromatic N) is 2. The van der Waals surface area contributed by atoms with Crippen LogP contribution >= 0.6 is 0 Å². The zero-order chi connectivity index (χ0) is 32.7. The van der Waals surface area contributed by atoms with E-state index >= 15 is 0 Å². The Balaban J connectivity index is 1.51. The van der Waals surface area contributed by atoms with E-state index in [1.54, 1.807) is 31.2 Å². The SMILES string of the molecule is COc1cc(NC(C(=O)N2CC3(CC3)c3ccc(OC(F)(F)F)cc32)c2ccc(F)cc2)cc(C(C)=NOC(C)(C)C(=O)O)c1. The second-order valence-electron chi connectivity index (χ2n) is 11.6. The standard InChI is InChI=1S/C32H31F4N3O6/c1-18(38-45-30(2,3)29(41)42)20-13-22(15-24(14-20)43-4)37-27(19-5-7-21(33)8-6-19)28(40)39-17-31(11-12-31)25-10-9-23(16-26(25)39)44-32(34,35)36/h5-10,13-16,27,37H,11-12,17H2,1-4H3,(H,41,42). The first-order valence-electron chi connectivity index (χ1n) is 14.0. The average Bonchev–Trinajstić information content (AvgIpc) is 3.69. The minimum Gasteiger partial charge on any atom is -0.497 e. The van der Waals surface area contributed by atoms with Crippen LogP contribution in [0.4, 0.5) is 28.9 Å². The summed E-state index contributed by atoms with van der Waals surface area (Å²) in [6.45, 7) is 4.58. The number of methoxy groups -OCH3 is 1. The van der Waals surface area contributed by atoms with E-state index in [0.717, 1.165) is 18.4 Å². The number of carbonyl (C=O) groups is 2. The number of hydrogen-bond donors (Lipinski definition) is 2. The lowest BCUT2D eigenvalue weighted by molar-refractivity contribution is -0.274. The number of carboxylic acids is 1. The molecule has 1 heterocycles. The topological polar surface area (TPSA) is 110 Å². The normalized spacial score (nSPS) is 16.2. The molecule has 13 heteroatoms. The number of amides is 1. The van der Waals surface area contributed by atoms with E-state index in [9.17, 15) is 32.3 Å². The number of nitrogens with one attached hydrogen (secondary N) is 1. The molecular formula is C32H31F4N3O6. The summed E-state index contributed by atoms with van der Waals surface area (Å²) in [7, 11) is 1.44. The zero-order valence-electron chi connectivity index (χ0n) is 24.9. The lowest BCUT2D eigenvalue weighted by Crippen LogP contribution is -2.38. The summed E-state index contributed by atoms with van der Waals surface area (Å²) in [5, 5.41) is 16.5. The van der Waals surface area contributed by atoms with Gasteiger partial charge in [-0.25, -0.2) is 9.18 Å². The second-order valence-corrected chi connectivity index (χ2v) is 11.6. The minimum atomic E-state index is -4.91. The van der Waals surface area contributed by atoms with Crippen LogP contribution in [0.1, 0.15) is 56.3 Å². The van der Waals surface area contributed by atoms with Crippen molar-refractivity contribution in [1.82, 2.24) is 0 Å². The van der Waals surface area contributed by atoms with Gasteiger partial charge in [0.2, 0.25) is 5.60 Å². The van der Waals surface area contributed by atoms with Crippen molar-refractivity contribution in [3.05, 3.63) is 83.2 Å². The van der Waals surface area contributed by atoms with Gasteiger partial charge in [0.1, 0.15) is 23.4 Å². The third kappa shape index (κ3) is 6.81. The fourth-order valence-electron chi connectivity index (χ4n) is 5.18. The van der Waals surface area contributed by atoms with Gasteiger partial charge in [0, 0.05) is 35.3 Å². The highest BCUT2D eigenvalue weighted by Gasteiger charge is 2.54. The smallest absolute Gasteiger partial charge is 0.497 e. The Morgan fingerprint density at radius 2 is 1.71 bits per heavy atom. The Hall–Kier alpha value is -4.81. The Morgan fingerprint density at radius 1 is 1.02 bits per heavy atom. The molecule has 5 rings (SSSR count). The highest BCUT2D eigenvalue weighted by atomic mass is 19.4. The van der Waals surface area contributed by atoms with Crippen molar-refractivity contribution in [3.8, 4) is 11.5 Å². The van der Waals surface area contributed by atoms with Crippen molar-refractivity contribution >= 4 is 29.0 Å².